The Morgan fingerprint density at radius 3 is 3.05 bits per heavy atom. The molecule has 1 fully saturated rings. The summed E-state index contributed by atoms with van der Waals surface area (Å²) in [5.41, 5.74) is 1.52. The summed E-state index contributed by atoms with van der Waals surface area (Å²) < 4.78 is 33.2. The molecule has 1 unspecified atom stereocenters. The number of hydrogen-bond acceptors (Lipinski definition) is 4. The van der Waals surface area contributed by atoms with Gasteiger partial charge in [0.1, 0.15) is 4.90 Å². The lowest BCUT2D eigenvalue weighted by molar-refractivity contribution is 0.105. The minimum absolute atomic E-state index is 0.177. The summed E-state index contributed by atoms with van der Waals surface area (Å²) in [4.78, 5) is 4.52. The molecule has 0 radical (unpaired) electrons. The van der Waals surface area contributed by atoms with Gasteiger partial charge in [0.15, 0.2) is 0 Å². The number of ether oxygens (including phenoxy) is 1. The Hall–Kier alpha value is -1.50. The van der Waals surface area contributed by atoms with Gasteiger partial charge in [-0.15, -0.1) is 0 Å². The smallest absolute Gasteiger partial charge is 0.242 e. The maximum atomic E-state index is 12.5. The maximum Gasteiger partial charge on any atom is 0.242 e. The van der Waals surface area contributed by atoms with Crippen LogP contribution in [0.3, 0.4) is 0 Å². The summed E-state index contributed by atoms with van der Waals surface area (Å²) in [5, 5.41) is 0.835. The zero-order valence-electron chi connectivity index (χ0n) is 12.6. The molecule has 2 aromatic rings. The molecule has 6 heteroatoms. The van der Waals surface area contributed by atoms with Crippen molar-refractivity contribution in [2.24, 2.45) is 0 Å². The summed E-state index contributed by atoms with van der Waals surface area (Å²) in [7, 11) is -3.56. The Morgan fingerprint density at radius 1 is 1.41 bits per heavy atom. The maximum absolute atomic E-state index is 12.5. The van der Waals surface area contributed by atoms with Crippen molar-refractivity contribution in [1.29, 1.82) is 0 Å². The first-order valence-corrected chi connectivity index (χ1v) is 9.01. The van der Waals surface area contributed by atoms with Crippen molar-refractivity contribution in [3.63, 3.8) is 0 Å². The average molecular weight is 320 g/mol. The van der Waals surface area contributed by atoms with E-state index in [1.807, 2.05) is 19.1 Å². The van der Waals surface area contributed by atoms with Crippen LogP contribution in [0.25, 0.3) is 10.9 Å². The Bertz CT molecular complexity index is 768. The van der Waals surface area contributed by atoms with Crippen LogP contribution in [0.5, 0.6) is 0 Å². The molecule has 1 aliphatic rings. The summed E-state index contributed by atoms with van der Waals surface area (Å²) in [5.74, 6) is 0. The summed E-state index contributed by atoms with van der Waals surface area (Å²) in [6.45, 7) is 3.10. The fourth-order valence-corrected chi connectivity index (χ4v) is 3.99. The van der Waals surface area contributed by atoms with Crippen molar-refractivity contribution < 1.29 is 13.2 Å². The van der Waals surface area contributed by atoms with Gasteiger partial charge < -0.3 is 4.74 Å². The number of aryl methyl sites for hydroxylation is 1. The second-order valence-electron chi connectivity index (χ2n) is 5.66. The molecule has 0 aliphatic carbocycles. The highest BCUT2D eigenvalue weighted by atomic mass is 32.2. The molecular weight excluding hydrogens is 300 g/mol. The van der Waals surface area contributed by atoms with Gasteiger partial charge >= 0.3 is 0 Å². The number of aromatic nitrogens is 1. The van der Waals surface area contributed by atoms with E-state index in [4.69, 9.17) is 4.74 Å². The van der Waals surface area contributed by atoms with Gasteiger partial charge in [-0.1, -0.05) is 12.1 Å². The van der Waals surface area contributed by atoms with Crippen molar-refractivity contribution in [3.05, 3.63) is 36.0 Å². The number of hydrogen-bond donors (Lipinski definition) is 1. The highest BCUT2D eigenvalue weighted by molar-refractivity contribution is 7.89. The highest BCUT2D eigenvalue weighted by Crippen LogP contribution is 2.22. The van der Waals surface area contributed by atoms with Gasteiger partial charge in [0.05, 0.1) is 11.6 Å². The fourth-order valence-electron chi connectivity index (χ4n) is 2.76. The van der Waals surface area contributed by atoms with Crippen LogP contribution in [0.4, 0.5) is 0 Å². The number of nitrogens with zero attached hydrogens (tertiary/aromatic N) is 1. The number of para-hydroxylation sites is 1. The highest BCUT2D eigenvalue weighted by Gasteiger charge is 2.20. The molecule has 118 valence electrons. The first-order valence-electron chi connectivity index (χ1n) is 7.53. The molecule has 1 N–H and O–H groups in total. The molecule has 22 heavy (non-hydrogen) atoms. The summed E-state index contributed by atoms with van der Waals surface area (Å²) in [6.07, 6.45) is 4.64. The Labute approximate surface area is 130 Å². The molecule has 5 nitrogen and oxygen atoms in total. The van der Waals surface area contributed by atoms with Crippen LogP contribution in [0.15, 0.2) is 35.4 Å². The van der Waals surface area contributed by atoms with Gasteiger partial charge in [-0.2, -0.15) is 0 Å². The van der Waals surface area contributed by atoms with Crippen LogP contribution in [-0.2, 0) is 14.8 Å². The van der Waals surface area contributed by atoms with Gasteiger partial charge in [-0.3, -0.25) is 4.98 Å². The normalized spacial score (nSPS) is 18.9. The van der Waals surface area contributed by atoms with Gasteiger partial charge in [-0.25, -0.2) is 13.1 Å². The first kappa shape index (κ1) is 15.4. The molecule has 1 aromatic carbocycles. The quantitative estimate of drug-likeness (QED) is 0.918. The van der Waals surface area contributed by atoms with Crippen molar-refractivity contribution in [2.75, 3.05) is 13.2 Å². The third-order valence-electron chi connectivity index (χ3n) is 3.88. The van der Waals surface area contributed by atoms with Crippen molar-refractivity contribution in [2.45, 2.75) is 37.2 Å². The minimum Gasteiger partial charge on any atom is -0.378 e. The zero-order chi connectivity index (χ0) is 15.6. The van der Waals surface area contributed by atoms with Crippen molar-refractivity contribution in [1.82, 2.24) is 9.71 Å². The van der Waals surface area contributed by atoms with E-state index in [1.54, 1.807) is 18.3 Å². The van der Waals surface area contributed by atoms with Crippen LogP contribution in [-0.4, -0.2) is 32.7 Å². The molecular formula is C16H20N2O3S. The first-order chi connectivity index (χ1) is 10.6. The lowest BCUT2D eigenvalue weighted by Crippen LogP contribution is -2.27. The third-order valence-corrected chi connectivity index (χ3v) is 5.38. The predicted octanol–water partition coefficient (Wildman–Crippen LogP) is 2.39. The molecule has 0 saturated carbocycles. The third kappa shape index (κ3) is 3.29. The Kier molecular flexibility index (Phi) is 4.42. The van der Waals surface area contributed by atoms with E-state index < -0.39 is 10.0 Å². The lowest BCUT2D eigenvalue weighted by Gasteiger charge is -2.12. The standard InChI is InChI=1S/C16H20N2O3S/c1-12-10-13-4-2-6-15(16(13)17-11-12)22(19,20)18-8-7-14-5-3-9-21-14/h2,4,6,10-11,14,18H,3,5,7-9H2,1H3. The zero-order valence-corrected chi connectivity index (χ0v) is 13.4. The van der Waals surface area contributed by atoms with E-state index in [-0.39, 0.29) is 11.0 Å². The number of pyridine rings is 1. The molecule has 1 saturated heterocycles. The van der Waals surface area contributed by atoms with Gasteiger partial charge in [0, 0.05) is 24.7 Å². The summed E-state index contributed by atoms with van der Waals surface area (Å²) >= 11 is 0. The van der Waals surface area contributed by atoms with E-state index in [2.05, 4.69) is 9.71 Å². The molecule has 0 amide bonds. The van der Waals surface area contributed by atoms with E-state index in [9.17, 15) is 8.42 Å². The van der Waals surface area contributed by atoms with E-state index >= 15 is 0 Å². The lowest BCUT2D eigenvalue weighted by atomic mass is 10.2. The van der Waals surface area contributed by atoms with E-state index in [0.29, 0.717) is 18.5 Å². The molecule has 1 aliphatic heterocycles. The van der Waals surface area contributed by atoms with Crippen molar-refractivity contribution >= 4 is 20.9 Å². The molecule has 1 aromatic heterocycles. The van der Waals surface area contributed by atoms with Crippen LogP contribution in [0.2, 0.25) is 0 Å². The monoisotopic (exact) mass is 320 g/mol. The number of rotatable bonds is 5. The topological polar surface area (TPSA) is 68.3 Å². The van der Waals surface area contributed by atoms with Gasteiger partial charge in [0.25, 0.3) is 0 Å². The Balaban J connectivity index is 1.79. The van der Waals surface area contributed by atoms with Gasteiger partial charge in [-0.05, 0) is 43.9 Å². The Morgan fingerprint density at radius 2 is 2.27 bits per heavy atom. The second-order valence-corrected chi connectivity index (χ2v) is 7.40. The molecule has 1 atom stereocenters. The molecule has 3 rings (SSSR count). The number of nitrogens with one attached hydrogen (secondary N) is 1. The molecule has 0 spiro atoms. The SMILES string of the molecule is Cc1cnc2c(S(=O)(=O)NCCC3CCCO3)cccc2c1. The largest absolute Gasteiger partial charge is 0.378 e. The molecule has 2 heterocycles. The minimum atomic E-state index is -3.56. The predicted molar refractivity (Wildman–Crippen MR) is 85.3 cm³/mol. The molecule has 0 bridgehead atoms. The van der Waals surface area contributed by atoms with Crippen LogP contribution in [0, 0.1) is 6.92 Å². The fraction of sp³-hybridized carbons (Fsp3) is 0.438. The van der Waals surface area contributed by atoms with E-state index in [1.165, 1.54) is 0 Å². The average Bonchev–Trinajstić information content (AvgIpc) is 2.99. The number of benzene rings is 1. The van der Waals surface area contributed by atoms with Crippen LogP contribution < -0.4 is 4.72 Å². The van der Waals surface area contributed by atoms with Crippen LogP contribution in [0.1, 0.15) is 24.8 Å². The van der Waals surface area contributed by atoms with Gasteiger partial charge in [0.2, 0.25) is 10.0 Å². The number of sulfonamides is 1. The number of fused-ring (bicyclic) bond motifs is 1. The summed E-state index contributed by atoms with van der Waals surface area (Å²) in [6, 6.07) is 7.16. The van der Waals surface area contributed by atoms with Crippen molar-refractivity contribution in [3.8, 4) is 0 Å². The second kappa shape index (κ2) is 6.32. The van der Waals surface area contributed by atoms with E-state index in [0.717, 1.165) is 30.4 Å². The van der Waals surface area contributed by atoms with Crippen LogP contribution >= 0.6 is 0 Å².